The Morgan fingerprint density at radius 3 is 2.92 bits per heavy atom. The van der Waals surface area contributed by atoms with Crippen LogP contribution in [0, 0.1) is 0 Å². The molecule has 3 atom stereocenters. The molecular weight excluding hydrogens is 316 g/mol. The van der Waals surface area contributed by atoms with Crippen molar-refractivity contribution < 1.29 is 14.3 Å². The first kappa shape index (κ1) is 16.3. The van der Waals surface area contributed by atoms with Crippen molar-refractivity contribution in [1.29, 1.82) is 0 Å². The zero-order valence-electron chi connectivity index (χ0n) is 14.6. The second-order valence-corrected chi connectivity index (χ2v) is 7.09. The average Bonchev–Trinajstić information content (AvgIpc) is 3.10. The summed E-state index contributed by atoms with van der Waals surface area (Å²) in [4.78, 5) is 28.9. The van der Waals surface area contributed by atoms with Crippen LogP contribution in [-0.4, -0.2) is 46.9 Å². The minimum Gasteiger partial charge on any atom is -0.374 e. The summed E-state index contributed by atoms with van der Waals surface area (Å²) >= 11 is 0. The highest BCUT2D eigenvalue weighted by molar-refractivity contribution is 5.82. The van der Waals surface area contributed by atoms with Crippen LogP contribution < -0.4 is 0 Å². The monoisotopic (exact) mass is 340 g/mol. The molecule has 1 aliphatic carbocycles. The third-order valence-corrected chi connectivity index (χ3v) is 5.64. The molecule has 2 aliphatic heterocycles. The summed E-state index contributed by atoms with van der Waals surface area (Å²) in [7, 11) is 0. The number of hydrogen-bond donors (Lipinski definition) is 0. The van der Waals surface area contributed by atoms with Crippen LogP contribution in [0.3, 0.4) is 0 Å². The van der Waals surface area contributed by atoms with Crippen LogP contribution >= 0.6 is 0 Å². The van der Waals surface area contributed by atoms with Crippen LogP contribution in [0.1, 0.15) is 49.8 Å². The molecule has 0 spiro atoms. The summed E-state index contributed by atoms with van der Waals surface area (Å²) in [5.41, 5.74) is 2.13. The van der Waals surface area contributed by atoms with Crippen molar-refractivity contribution in [2.24, 2.45) is 0 Å². The van der Waals surface area contributed by atoms with E-state index in [0.717, 1.165) is 30.4 Å². The highest BCUT2D eigenvalue weighted by Gasteiger charge is 2.39. The van der Waals surface area contributed by atoms with Crippen molar-refractivity contribution in [2.45, 2.75) is 50.8 Å². The Balaban J connectivity index is 1.58. The van der Waals surface area contributed by atoms with Crippen molar-refractivity contribution >= 4 is 17.9 Å². The number of nitrogens with zero attached hydrogens (tertiary/aromatic N) is 2. The number of carbonyl (C=O) groups excluding carboxylic acids is 2. The largest absolute Gasteiger partial charge is 0.374 e. The van der Waals surface area contributed by atoms with Crippen molar-refractivity contribution in [3.05, 3.63) is 41.6 Å². The van der Waals surface area contributed by atoms with E-state index in [1.807, 2.05) is 35.2 Å². The molecule has 2 heterocycles. The van der Waals surface area contributed by atoms with Crippen LogP contribution in [0.2, 0.25) is 0 Å². The Hall–Kier alpha value is -2.14. The van der Waals surface area contributed by atoms with Crippen molar-refractivity contribution in [3.63, 3.8) is 0 Å². The standard InChI is InChI=1S/C20H24N2O3/c1-14(23)21-10-9-15-5-2-3-6-16(15)18(21)13-20(24)22-11-12-25-19-8-4-7-17(19)22/h2-3,5-6,9-10,17-19H,4,7-8,11-13H2,1H3. The van der Waals surface area contributed by atoms with Crippen molar-refractivity contribution in [2.75, 3.05) is 13.2 Å². The molecule has 1 aromatic rings. The van der Waals surface area contributed by atoms with Gasteiger partial charge in [-0.25, -0.2) is 0 Å². The Labute approximate surface area is 148 Å². The van der Waals surface area contributed by atoms with Gasteiger partial charge in [0.25, 0.3) is 0 Å². The summed E-state index contributed by atoms with van der Waals surface area (Å²) < 4.78 is 5.82. The van der Waals surface area contributed by atoms with Gasteiger partial charge in [-0.05, 0) is 36.5 Å². The lowest BCUT2D eigenvalue weighted by Crippen LogP contribution is -2.52. The lowest BCUT2D eigenvalue weighted by molar-refractivity contribution is -0.145. The molecular formula is C20H24N2O3. The van der Waals surface area contributed by atoms with Gasteiger partial charge in [-0.15, -0.1) is 0 Å². The quantitative estimate of drug-likeness (QED) is 0.832. The van der Waals surface area contributed by atoms with Crippen LogP contribution in [-0.2, 0) is 14.3 Å². The number of benzene rings is 1. The Kier molecular flexibility index (Phi) is 4.34. The van der Waals surface area contributed by atoms with Gasteiger partial charge in [-0.2, -0.15) is 0 Å². The number of amides is 2. The first-order valence-corrected chi connectivity index (χ1v) is 9.12. The number of carbonyl (C=O) groups is 2. The van der Waals surface area contributed by atoms with Gasteiger partial charge < -0.3 is 14.5 Å². The molecule has 0 bridgehead atoms. The fourth-order valence-corrected chi connectivity index (χ4v) is 4.43. The average molecular weight is 340 g/mol. The van der Waals surface area contributed by atoms with E-state index in [9.17, 15) is 9.59 Å². The summed E-state index contributed by atoms with van der Waals surface area (Å²) in [6.07, 6.45) is 7.45. The first-order valence-electron chi connectivity index (χ1n) is 9.12. The minimum absolute atomic E-state index is 0.0377. The van der Waals surface area contributed by atoms with E-state index >= 15 is 0 Å². The van der Waals surface area contributed by atoms with E-state index in [2.05, 4.69) is 0 Å². The molecule has 5 heteroatoms. The number of fused-ring (bicyclic) bond motifs is 2. The highest BCUT2D eigenvalue weighted by Crippen LogP contribution is 2.35. The SMILES string of the molecule is CC(=O)N1C=Cc2ccccc2C1CC(=O)N1CCOC2CCCC21. The molecule has 132 valence electrons. The van der Waals surface area contributed by atoms with E-state index in [-0.39, 0.29) is 30.0 Å². The third kappa shape index (κ3) is 2.97. The van der Waals surface area contributed by atoms with Gasteiger partial charge in [0.1, 0.15) is 0 Å². The molecule has 0 aromatic heterocycles. The Bertz CT molecular complexity index is 715. The van der Waals surface area contributed by atoms with E-state index in [1.54, 1.807) is 18.0 Å². The van der Waals surface area contributed by atoms with Crippen LogP contribution in [0.15, 0.2) is 30.5 Å². The smallest absolute Gasteiger partial charge is 0.225 e. The molecule has 0 radical (unpaired) electrons. The van der Waals surface area contributed by atoms with Crippen LogP contribution in [0.5, 0.6) is 0 Å². The van der Waals surface area contributed by atoms with Gasteiger partial charge in [0.2, 0.25) is 11.8 Å². The molecule has 3 unspecified atom stereocenters. The number of morpholine rings is 1. The predicted octanol–water partition coefficient (Wildman–Crippen LogP) is 2.73. The second-order valence-electron chi connectivity index (χ2n) is 7.09. The zero-order valence-corrected chi connectivity index (χ0v) is 14.6. The van der Waals surface area contributed by atoms with E-state index in [4.69, 9.17) is 4.74 Å². The van der Waals surface area contributed by atoms with E-state index in [1.165, 1.54) is 0 Å². The molecule has 0 N–H and O–H groups in total. The molecule has 1 aromatic carbocycles. The molecule has 4 rings (SSSR count). The van der Waals surface area contributed by atoms with Gasteiger partial charge in [-0.3, -0.25) is 9.59 Å². The maximum atomic E-state index is 13.1. The summed E-state index contributed by atoms with van der Waals surface area (Å²) in [6, 6.07) is 7.98. The molecule has 3 aliphatic rings. The van der Waals surface area contributed by atoms with Crippen LogP contribution in [0.25, 0.3) is 6.08 Å². The third-order valence-electron chi connectivity index (χ3n) is 5.64. The molecule has 1 saturated heterocycles. The Morgan fingerprint density at radius 1 is 1.24 bits per heavy atom. The highest BCUT2D eigenvalue weighted by atomic mass is 16.5. The van der Waals surface area contributed by atoms with Gasteiger partial charge >= 0.3 is 0 Å². The van der Waals surface area contributed by atoms with Crippen molar-refractivity contribution in [1.82, 2.24) is 9.80 Å². The lowest BCUT2D eigenvalue weighted by Gasteiger charge is -2.39. The normalized spacial score (nSPS) is 27.8. The summed E-state index contributed by atoms with van der Waals surface area (Å²) in [6.45, 7) is 2.83. The lowest BCUT2D eigenvalue weighted by atomic mass is 9.93. The fraction of sp³-hybridized carbons (Fsp3) is 0.500. The molecule has 2 amide bonds. The number of rotatable bonds is 2. The minimum atomic E-state index is -0.228. The van der Waals surface area contributed by atoms with Gasteiger partial charge in [0, 0.05) is 19.7 Å². The van der Waals surface area contributed by atoms with E-state index < -0.39 is 0 Å². The zero-order chi connectivity index (χ0) is 17.4. The van der Waals surface area contributed by atoms with Gasteiger partial charge in [-0.1, -0.05) is 24.3 Å². The molecule has 1 saturated carbocycles. The molecule has 5 nitrogen and oxygen atoms in total. The maximum Gasteiger partial charge on any atom is 0.225 e. The second kappa shape index (κ2) is 6.64. The Morgan fingerprint density at radius 2 is 2.08 bits per heavy atom. The maximum absolute atomic E-state index is 13.1. The van der Waals surface area contributed by atoms with Crippen molar-refractivity contribution in [3.8, 4) is 0 Å². The van der Waals surface area contributed by atoms with E-state index in [0.29, 0.717) is 19.6 Å². The summed E-state index contributed by atoms with van der Waals surface area (Å²) in [5.74, 6) is 0.0887. The molecule has 2 fully saturated rings. The van der Waals surface area contributed by atoms with Gasteiger partial charge in [0.15, 0.2) is 0 Å². The fourth-order valence-electron chi connectivity index (χ4n) is 4.43. The summed E-state index contributed by atoms with van der Waals surface area (Å²) in [5, 5.41) is 0. The van der Waals surface area contributed by atoms with Crippen LogP contribution in [0.4, 0.5) is 0 Å². The number of ether oxygens (including phenoxy) is 1. The molecule has 25 heavy (non-hydrogen) atoms. The van der Waals surface area contributed by atoms with Gasteiger partial charge in [0.05, 0.1) is 31.2 Å². The predicted molar refractivity (Wildman–Crippen MR) is 94.4 cm³/mol. The topological polar surface area (TPSA) is 49.9 Å². The number of hydrogen-bond acceptors (Lipinski definition) is 3. The first-order chi connectivity index (χ1) is 12.1.